The van der Waals surface area contributed by atoms with Crippen LogP contribution in [0.25, 0.3) is 33.7 Å². The van der Waals surface area contributed by atoms with Crippen molar-refractivity contribution in [2.75, 3.05) is 5.32 Å². The van der Waals surface area contributed by atoms with Crippen LogP contribution < -0.4 is 10.6 Å². The predicted molar refractivity (Wildman–Crippen MR) is 104 cm³/mol. The van der Waals surface area contributed by atoms with Crippen molar-refractivity contribution in [3.8, 4) is 22.6 Å². The number of rotatable bonds is 4. The molecule has 140 valence electrons. The number of fused-ring (bicyclic) bond motifs is 1. The topological polar surface area (TPSA) is 98.5 Å². The third kappa shape index (κ3) is 3.20. The van der Waals surface area contributed by atoms with Gasteiger partial charge in [-0.2, -0.15) is 5.10 Å². The van der Waals surface area contributed by atoms with Crippen LogP contribution in [-0.2, 0) is 0 Å². The Morgan fingerprint density at radius 2 is 2.00 bits per heavy atom. The standard InChI is InChI=1S/C20H17FN6O/c21-13-3-1-2-11(8-13)12-4-7-15-16(9-12)25-19(24-15)18-17(10-22-27-18)26-20(28)23-14-5-6-14/h1-4,7-10,14H,5-6H2,(H,22,27)(H,24,25)(H2,23,26,28). The highest BCUT2D eigenvalue weighted by Crippen LogP contribution is 2.28. The van der Waals surface area contributed by atoms with E-state index in [1.165, 1.54) is 12.1 Å². The molecule has 0 saturated heterocycles. The Morgan fingerprint density at radius 1 is 1.14 bits per heavy atom. The Balaban J connectivity index is 1.45. The van der Waals surface area contributed by atoms with Gasteiger partial charge in [-0.3, -0.25) is 5.10 Å². The van der Waals surface area contributed by atoms with Gasteiger partial charge >= 0.3 is 6.03 Å². The van der Waals surface area contributed by atoms with Crippen molar-refractivity contribution in [1.29, 1.82) is 0 Å². The average Bonchev–Trinajstić information content (AvgIpc) is 3.21. The molecule has 0 unspecified atom stereocenters. The maximum absolute atomic E-state index is 13.5. The second kappa shape index (κ2) is 6.49. The first kappa shape index (κ1) is 16.5. The lowest BCUT2D eigenvalue weighted by atomic mass is 10.1. The van der Waals surface area contributed by atoms with E-state index in [0.717, 1.165) is 35.0 Å². The Labute approximate surface area is 159 Å². The fourth-order valence-corrected chi connectivity index (χ4v) is 3.10. The van der Waals surface area contributed by atoms with Crippen molar-refractivity contribution < 1.29 is 9.18 Å². The molecule has 5 rings (SSSR count). The van der Waals surface area contributed by atoms with E-state index in [4.69, 9.17) is 0 Å². The van der Waals surface area contributed by atoms with Crippen LogP contribution in [0.15, 0.2) is 48.7 Å². The molecule has 1 fully saturated rings. The number of urea groups is 1. The van der Waals surface area contributed by atoms with Gasteiger partial charge in [-0.25, -0.2) is 14.2 Å². The van der Waals surface area contributed by atoms with Gasteiger partial charge in [0.1, 0.15) is 5.82 Å². The van der Waals surface area contributed by atoms with E-state index in [9.17, 15) is 9.18 Å². The minimum absolute atomic E-state index is 0.255. The minimum Gasteiger partial charge on any atom is -0.337 e. The molecule has 0 radical (unpaired) electrons. The van der Waals surface area contributed by atoms with Crippen LogP contribution in [0.4, 0.5) is 14.9 Å². The van der Waals surface area contributed by atoms with Crippen molar-refractivity contribution >= 4 is 22.8 Å². The molecule has 4 N–H and O–H groups in total. The largest absolute Gasteiger partial charge is 0.337 e. The monoisotopic (exact) mass is 376 g/mol. The number of aromatic amines is 2. The number of benzene rings is 2. The smallest absolute Gasteiger partial charge is 0.319 e. The maximum Gasteiger partial charge on any atom is 0.319 e. The number of imidazole rings is 1. The van der Waals surface area contributed by atoms with Crippen molar-refractivity contribution in [2.45, 2.75) is 18.9 Å². The highest BCUT2D eigenvalue weighted by molar-refractivity contribution is 5.94. The van der Waals surface area contributed by atoms with Gasteiger partial charge in [-0.05, 0) is 48.2 Å². The van der Waals surface area contributed by atoms with Gasteiger partial charge in [0, 0.05) is 12.2 Å². The van der Waals surface area contributed by atoms with E-state index < -0.39 is 0 Å². The molecule has 4 aromatic rings. The number of hydrogen-bond donors (Lipinski definition) is 4. The van der Waals surface area contributed by atoms with Crippen molar-refractivity contribution in [3.05, 3.63) is 54.5 Å². The van der Waals surface area contributed by atoms with Crippen molar-refractivity contribution in [1.82, 2.24) is 25.5 Å². The molecule has 0 atom stereocenters. The zero-order chi connectivity index (χ0) is 19.1. The first-order valence-corrected chi connectivity index (χ1v) is 9.03. The lowest BCUT2D eigenvalue weighted by Crippen LogP contribution is -2.30. The van der Waals surface area contributed by atoms with Crippen LogP contribution in [-0.4, -0.2) is 32.2 Å². The van der Waals surface area contributed by atoms with Crippen LogP contribution >= 0.6 is 0 Å². The summed E-state index contributed by atoms with van der Waals surface area (Å²) in [6.45, 7) is 0. The second-order valence-electron chi connectivity index (χ2n) is 6.85. The molecule has 0 aliphatic heterocycles. The molecule has 2 aromatic heterocycles. The van der Waals surface area contributed by atoms with E-state index in [1.807, 2.05) is 24.3 Å². The lowest BCUT2D eigenvalue weighted by molar-refractivity contribution is 0.251. The highest BCUT2D eigenvalue weighted by Gasteiger charge is 2.24. The van der Waals surface area contributed by atoms with Gasteiger partial charge in [0.05, 0.1) is 16.7 Å². The summed E-state index contributed by atoms with van der Waals surface area (Å²) in [4.78, 5) is 19.8. The number of aromatic nitrogens is 4. The van der Waals surface area contributed by atoms with Crippen molar-refractivity contribution in [3.63, 3.8) is 0 Å². The number of halogens is 1. The summed E-state index contributed by atoms with van der Waals surface area (Å²) in [5.41, 5.74) is 4.27. The molecule has 2 aromatic carbocycles. The third-order valence-electron chi connectivity index (χ3n) is 4.67. The van der Waals surface area contributed by atoms with E-state index in [0.29, 0.717) is 17.2 Å². The summed E-state index contributed by atoms with van der Waals surface area (Å²) in [5, 5.41) is 12.7. The van der Waals surface area contributed by atoms with Crippen molar-refractivity contribution in [2.24, 2.45) is 0 Å². The van der Waals surface area contributed by atoms with Gasteiger partial charge in [-0.1, -0.05) is 18.2 Å². The summed E-state index contributed by atoms with van der Waals surface area (Å²) >= 11 is 0. The zero-order valence-corrected chi connectivity index (χ0v) is 14.8. The normalized spacial score (nSPS) is 13.6. The molecule has 0 bridgehead atoms. The number of carbonyl (C=O) groups is 1. The average molecular weight is 376 g/mol. The van der Waals surface area contributed by atoms with E-state index in [2.05, 4.69) is 30.8 Å². The van der Waals surface area contributed by atoms with Gasteiger partial charge in [0.15, 0.2) is 11.5 Å². The first-order valence-electron chi connectivity index (χ1n) is 9.03. The molecule has 0 spiro atoms. The van der Waals surface area contributed by atoms with Gasteiger partial charge in [-0.15, -0.1) is 0 Å². The second-order valence-corrected chi connectivity index (χ2v) is 6.85. The molecule has 1 aliphatic carbocycles. The van der Waals surface area contributed by atoms with E-state index in [1.54, 1.807) is 12.3 Å². The molecular weight excluding hydrogens is 359 g/mol. The lowest BCUT2D eigenvalue weighted by Gasteiger charge is -2.05. The molecule has 1 aliphatic rings. The van der Waals surface area contributed by atoms with Crippen LogP contribution in [0.5, 0.6) is 0 Å². The quantitative estimate of drug-likeness (QED) is 0.432. The number of nitrogens with one attached hydrogen (secondary N) is 4. The number of hydrogen-bond acceptors (Lipinski definition) is 3. The first-order chi connectivity index (χ1) is 13.7. The Morgan fingerprint density at radius 3 is 2.82 bits per heavy atom. The Kier molecular flexibility index (Phi) is 3.82. The Hall–Kier alpha value is -3.68. The van der Waals surface area contributed by atoms with E-state index >= 15 is 0 Å². The van der Waals surface area contributed by atoms with Gasteiger partial charge < -0.3 is 15.6 Å². The Bertz CT molecular complexity index is 1180. The predicted octanol–water partition coefficient (Wildman–Crippen LogP) is 4.04. The number of H-pyrrole nitrogens is 2. The number of anilines is 1. The number of nitrogens with zero attached hydrogens (tertiary/aromatic N) is 2. The van der Waals surface area contributed by atoms with Crippen LogP contribution in [0.2, 0.25) is 0 Å². The summed E-state index contributed by atoms with van der Waals surface area (Å²) in [6, 6.07) is 12.1. The molecule has 7 nitrogen and oxygen atoms in total. The summed E-state index contributed by atoms with van der Waals surface area (Å²) in [6.07, 6.45) is 3.65. The highest BCUT2D eigenvalue weighted by atomic mass is 19.1. The van der Waals surface area contributed by atoms with Gasteiger partial charge in [0.2, 0.25) is 0 Å². The SMILES string of the molecule is O=C(Nc1c[nH]nc1-c1nc2cc(-c3cccc(F)c3)ccc2[nH]1)NC1CC1. The molecule has 28 heavy (non-hydrogen) atoms. The molecule has 8 heteroatoms. The minimum atomic E-state index is -0.281. The third-order valence-corrected chi connectivity index (χ3v) is 4.67. The number of amides is 2. The molecule has 1 saturated carbocycles. The van der Waals surface area contributed by atoms with Crippen LogP contribution in [0.1, 0.15) is 12.8 Å². The zero-order valence-electron chi connectivity index (χ0n) is 14.8. The maximum atomic E-state index is 13.5. The summed E-state index contributed by atoms with van der Waals surface area (Å²) in [5.74, 6) is 0.256. The number of carbonyl (C=O) groups excluding carboxylic acids is 1. The molecular formula is C20H17FN6O. The fourth-order valence-electron chi connectivity index (χ4n) is 3.10. The molecule has 2 amide bonds. The van der Waals surface area contributed by atoms with Gasteiger partial charge in [0.25, 0.3) is 0 Å². The molecule has 2 heterocycles. The van der Waals surface area contributed by atoms with Crippen LogP contribution in [0.3, 0.4) is 0 Å². The van der Waals surface area contributed by atoms with Crippen LogP contribution in [0, 0.1) is 5.82 Å². The summed E-state index contributed by atoms with van der Waals surface area (Å²) < 4.78 is 13.5. The summed E-state index contributed by atoms with van der Waals surface area (Å²) in [7, 11) is 0. The van der Waals surface area contributed by atoms with E-state index in [-0.39, 0.29) is 17.9 Å². The fraction of sp³-hybridized carbons (Fsp3) is 0.150.